The van der Waals surface area contributed by atoms with Crippen molar-refractivity contribution in [3.8, 4) is 84.4 Å². The lowest BCUT2D eigenvalue weighted by Gasteiger charge is -2.29. The second-order valence-electron chi connectivity index (χ2n) is 15.1. The van der Waals surface area contributed by atoms with Crippen LogP contribution in [0.3, 0.4) is 0 Å². The predicted octanol–water partition coefficient (Wildman–Crippen LogP) is 14.6. The minimum Gasteiger partial charge on any atom is -0.308 e. The van der Waals surface area contributed by atoms with E-state index in [4.69, 9.17) is 15.0 Å². The summed E-state index contributed by atoms with van der Waals surface area (Å²) in [6.45, 7) is 0. The van der Waals surface area contributed by atoms with E-state index in [9.17, 15) is 0 Å². The quantitative estimate of drug-likeness (QED) is 0.154. The van der Waals surface area contributed by atoms with Crippen LogP contribution in [0.25, 0.3) is 106 Å². The van der Waals surface area contributed by atoms with Gasteiger partial charge in [-0.2, -0.15) is 0 Å². The van der Waals surface area contributed by atoms with Crippen LogP contribution < -0.4 is 0 Å². The summed E-state index contributed by atoms with van der Waals surface area (Å²) in [6, 6.07) is 81.2. The summed E-state index contributed by atoms with van der Waals surface area (Å²) in [5, 5.41) is 2.34. The Kier molecular flexibility index (Phi) is 9.14. The lowest BCUT2D eigenvalue weighted by atomic mass is 9.78. The second-order valence-corrected chi connectivity index (χ2v) is 15.1. The highest BCUT2D eigenvalue weighted by atomic mass is 15.1. The van der Waals surface area contributed by atoms with Gasteiger partial charge in [-0.15, -0.1) is 0 Å². The first-order chi connectivity index (χ1) is 30.3. The molecule has 0 radical (unpaired) electrons. The van der Waals surface area contributed by atoms with E-state index in [0.717, 1.165) is 77.9 Å². The minimum absolute atomic E-state index is 0.581. The standard InChI is InChI=1S/C57H38N4/c1-7-23-39(24-8-1)49-50(40-25-9-2-10-26-40)52(42-29-13-4-14-30-42)54(61-47-37-21-19-35-45(47)46-36-20-22-38-48(46)61)53(51(49)41-27-11-3-12-28-41)57-59-55(43-31-15-5-16-32-43)58-56(60-57)44-33-17-6-18-34-44/h1-38H. The predicted molar refractivity (Wildman–Crippen MR) is 252 cm³/mol. The van der Waals surface area contributed by atoms with Gasteiger partial charge in [-0.3, -0.25) is 0 Å². The van der Waals surface area contributed by atoms with Crippen LogP contribution in [0.4, 0.5) is 0 Å². The maximum atomic E-state index is 5.55. The fourth-order valence-corrected chi connectivity index (χ4v) is 8.83. The number of aromatic nitrogens is 4. The van der Waals surface area contributed by atoms with Gasteiger partial charge in [-0.25, -0.2) is 15.0 Å². The minimum atomic E-state index is 0.581. The molecular weight excluding hydrogens is 741 g/mol. The second kappa shape index (κ2) is 15.5. The molecule has 4 heteroatoms. The van der Waals surface area contributed by atoms with E-state index in [0.29, 0.717) is 17.5 Å². The van der Waals surface area contributed by atoms with Crippen LogP contribution in [0.15, 0.2) is 231 Å². The van der Waals surface area contributed by atoms with Crippen LogP contribution >= 0.6 is 0 Å². The Hall–Kier alpha value is -8.21. The van der Waals surface area contributed by atoms with Crippen molar-refractivity contribution in [1.82, 2.24) is 19.5 Å². The van der Waals surface area contributed by atoms with Gasteiger partial charge in [0, 0.05) is 38.6 Å². The first kappa shape index (κ1) is 35.9. The van der Waals surface area contributed by atoms with Gasteiger partial charge in [0.25, 0.3) is 0 Å². The zero-order chi connectivity index (χ0) is 40.5. The summed E-state index contributed by atoms with van der Waals surface area (Å²) in [4.78, 5) is 16.3. The summed E-state index contributed by atoms with van der Waals surface area (Å²) >= 11 is 0. The molecule has 0 saturated carbocycles. The highest BCUT2D eigenvalue weighted by molar-refractivity contribution is 6.15. The summed E-state index contributed by atoms with van der Waals surface area (Å²) in [6.07, 6.45) is 0. The zero-order valence-electron chi connectivity index (χ0n) is 33.2. The normalized spacial score (nSPS) is 11.3. The molecule has 0 unspecified atom stereocenters. The lowest BCUT2D eigenvalue weighted by Crippen LogP contribution is -2.09. The Morgan fingerprint density at radius 1 is 0.230 bits per heavy atom. The Labute approximate surface area is 354 Å². The van der Waals surface area contributed by atoms with E-state index in [1.54, 1.807) is 0 Å². The summed E-state index contributed by atoms with van der Waals surface area (Å²) in [5.74, 6) is 1.79. The zero-order valence-corrected chi connectivity index (χ0v) is 33.2. The molecule has 61 heavy (non-hydrogen) atoms. The number of hydrogen-bond donors (Lipinski definition) is 0. The van der Waals surface area contributed by atoms with Gasteiger partial charge in [-0.05, 0) is 39.9 Å². The number of fused-ring (bicyclic) bond motifs is 3. The Morgan fingerprint density at radius 2 is 0.508 bits per heavy atom. The Balaban J connectivity index is 1.46. The number of hydrogen-bond acceptors (Lipinski definition) is 3. The summed E-state index contributed by atoms with van der Waals surface area (Å²) in [5.41, 5.74) is 14.6. The van der Waals surface area contributed by atoms with Crippen molar-refractivity contribution in [2.75, 3.05) is 0 Å². The molecule has 9 aromatic carbocycles. The third-order valence-electron chi connectivity index (χ3n) is 11.5. The molecule has 0 fully saturated rings. The van der Waals surface area contributed by atoms with E-state index < -0.39 is 0 Å². The van der Waals surface area contributed by atoms with Gasteiger partial charge in [0.2, 0.25) is 0 Å². The summed E-state index contributed by atoms with van der Waals surface area (Å²) < 4.78 is 2.46. The highest BCUT2D eigenvalue weighted by Crippen LogP contribution is 2.55. The van der Waals surface area contributed by atoms with Gasteiger partial charge in [0.05, 0.1) is 22.3 Å². The third kappa shape index (κ3) is 6.39. The fraction of sp³-hybridized carbons (Fsp3) is 0. The number of nitrogens with zero attached hydrogens (tertiary/aromatic N) is 4. The summed E-state index contributed by atoms with van der Waals surface area (Å²) in [7, 11) is 0. The van der Waals surface area contributed by atoms with Crippen molar-refractivity contribution < 1.29 is 0 Å². The van der Waals surface area contributed by atoms with Crippen molar-refractivity contribution in [1.29, 1.82) is 0 Å². The fourth-order valence-electron chi connectivity index (χ4n) is 8.83. The van der Waals surface area contributed by atoms with Crippen LogP contribution in [0, 0.1) is 0 Å². The van der Waals surface area contributed by atoms with Gasteiger partial charge >= 0.3 is 0 Å². The molecule has 0 aliphatic heterocycles. The average molecular weight is 779 g/mol. The molecule has 4 nitrogen and oxygen atoms in total. The number of rotatable bonds is 8. The maximum absolute atomic E-state index is 5.55. The molecule has 11 rings (SSSR count). The van der Waals surface area contributed by atoms with Crippen molar-refractivity contribution in [3.05, 3.63) is 231 Å². The molecule has 2 heterocycles. The van der Waals surface area contributed by atoms with E-state index in [2.05, 4.69) is 199 Å². The van der Waals surface area contributed by atoms with E-state index in [-0.39, 0.29) is 0 Å². The molecule has 0 N–H and O–H groups in total. The smallest absolute Gasteiger partial charge is 0.166 e. The molecule has 2 aromatic heterocycles. The topological polar surface area (TPSA) is 43.6 Å². The van der Waals surface area contributed by atoms with Gasteiger partial charge in [-0.1, -0.05) is 218 Å². The van der Waals surface area contributed by atoms with Gasteiger partial charge in [0.15, 0.2) is 17.5 Å². The molecule has 0 spiro atoms. The van der Waals surface area contributed by atoms with Crippen LogP contribution in [-0.2, 0) is 0 Å². The van der Waals surface area contributed by atoms with E-state index >= 15 is 0 Å². The first-order valence-electron chi connectivity index (χ1n) is 20.6. The first-order valence-corrected chi connectivity index (χ1v) is 20.6. The highest BCUT2D eigenvalue weighted by Gasteiger charge is 2.32. The molecule has 0 aliphatic carbocycles. The third-order valence-corrected chi connectivity index (χ3v) is 11.5. The molecule has 0 amide bonds. The molecule has 0 bridgehead atoms. The Bertz CT molecular complexity index is 3200. The van der Waals surface area contributed by atoms with Crippen LogP contribution in [-0.4, -0.2) is 19.5 Å². The van der Waals surface area contributed by atoms with Crippen LogP contribution in [0.1, 0.15) is 0 Å². The monoisotopic (exact) mass is 778 g/mol. The average Bonchev–Trinajstić information content (AvgIpc) is 3.68. The van der Waals surface area contributed by atoms with E-state index in [1.807, 2.05) is 36.4 Å². The lowest BCUT2D eigenvalue weighted by molar-refractivity contribution is 1.07. The molecular formula is C57H38N4. The van der Waals surface area contributed by atoms with Crippen molar-refractivity contribution in [2.45, 2.75) is 0 Å². The molecule has 286 valence electrons. The van der Waals surface area contributed by atoms with Crippen LogP contribution in [0.2, 0.25) is 0 Å². The van der Waals surface area contributed by atoms with Gasteiger partial charge < -0.3 is 4.57 Å². The number of benzene rings is 9. The molecule has 0 aliphatic rings. The van der Waals surface area contributed by atoms with Crippen LogP contribution in [0.5, 0.6) is 0 Å². The largest absolute Gasteiger partial charge is 0.308 e. The van der Waals surface area contributed by atoms with Crippen molar-refractivity contribution in [3.63, 3.8) is 0 Å². The SMILES string of the molecule is c1ccc(-c2nc(-c3ccccc3)nc(-c3c(-c4ccccc4)c(-c4ccccc4)c(-c4ccccc4)c(-c4ccccc4)c3-n3c4ccccc4c4ccccc43)n2)cc1. The number of para-hydroxylation sites is 2. The Morgan fingerprint density at radius 3 is 0.902 bits per heavy atom. The molecule has 11 aromatic rings. The van der Waals surface area contributed by atoms with E-state index in [1.165, 1.54) is 10.8 Å². The molecule has 0 atom stereocenters. The molecule has 0 saturated heterocycles. The maximum Gasteiger partial charge on any atom is 0.166 e. The van der Waals surface area contributed by atoms with Crippen molar-refractivity contribution >= 4 is 21.8 Å². The van der Waals surface area contributed by atoms with Crippen molar-refractivity contribution in [2.24, 2.45) is 0 Å². The van der Waals surface area contributed by atoms with Gasteiger partial charge in [0.1, 0.15) is 0 Å².